The van der Waals surface area contributed by atoms with Crippen LogP contribution in [0, 0.1) is 6.92 Å². The van der Waals surface area contributed by atoms with Gasteiger partial charge in [-0.3, -0.25) is 9.78 Å². The fraction of sp³-hybridized carbons (Fsp3) is 0.200. The molecule has 0 aliphatic heterocycles. The molecule has 3 nitrogen and oxygen atoms in total. The Bertz CT molecular complexity index is 208. The maximum Gasteiger partial charge on any atom is 0.266 e. The van der Waals surface area contributed by atoms with E-state index in [-0.39, 0.29) is 5.56 Å². The van der Waals surface area contributed by atoms with Crippen LogP contribution in [0.1, 0.15) is 5.69 Å². The van der Waals surface area contributed by atoms with E-state index in [4.69, 9.17) is 0 Å². The molecule has 0 unspecified atom stereocenters. The molecule has 0 atom stereocenters. The third kappa shape index (κ3) is 0.932. The second-order valence-electron chi connectivity index (χ2n) is 1.55. The van der Waals surface area contributed by atoms with Crippen molar-refractivity contribution in [2.24, 2.45) is 0 Å². The fourth-order valence-electron chi connectivity index (χ4n) is 0.411. The molecule has 0 aromatic carbocycles. The average molecular weight is 110 g/mol. The van der Waals surface area contributed by atoms with Gasteiger partial charge in [0, 0.05) is 6.20 Å². The molecule has 3 heteroatoms. The van der Waals surface area contributed by atoms with Crippen LogP contribution in [0.25, 0.3) is 0 Å². The Morgan fingerprint density at radius 1 is 1.75 bits per heavy atom. The van der Waals surface area contributed by atoms with Crippen LogP contribution < -0.4 is 5.56 Å². The first-order valence-electron chi connectivity index (χ1n) is 2.30. The summed E-state index contributed by atoms with van der Waals surface area (Å²) >= 11 is 0. The highest BCUT2D eigenvalue weighted by Crippen LogP contribution is 1.77. The predicted octanol–water partition coefficient (Wildman–Crippen LogP) is 0.0783. The van der Waals surface area contributed by atoms with Gasteiger partial charge in [0.05, 0.1) is 11.9 Å². The molecule has 0 saturated carbocycles. The van der Waals surface area contributed by atoms with Crippen LogP contribution in [-0.2, 0) is 0 Å². The molecule has 0 aliphatic carbocycles. The van der Waals surface area contributed by atoms with Crippen molar-refractivity contribution in [1.82, 2.24) is 9.97 Å². The van der Waals surface area contributed by atoms with Crippen LogP contribution >= 0.6 is 0 Å². The quantitative estimate of drug-likeness (QED) is 0.514. The zero-order valence-electron chi connectivity index (χ0n) is 4.51. The summed E-state index contributed by atoms with van der Waals surface area (Å²) in [5.74, 6) is 0. The fourth-order valence-corrected chi connectivity index (χ4v) is 0.411. The number of aromatic nitrogens is 2. The minimum Gasteiger partial charge on any atom is -0.326 e. The van der Waals surface area contributed by atoms with E-state index >= 15 is 0 Å². The second kappa shape index (κ2) is 1.78. The Kier molecular flexibility index (Phi) is 1.12. The van der Waals surface area contributed by atoms with Gasteiger partial charge in [0.2, 0.25) is 0 Å². The molecule has 0 aliphatic rings. The van der Waals surface area contributed by atoms with Crippen molar-refractivity contribution in [1.29, 1.82) is 0 Å². The van der Waals surface area contributed by atoms with Gasteiger partial charge in [-0.05, 0) is 6.92 Å². The molecule has 0 saturated heterocycles. The first-order chi connectivity index (χ1) is 3.79. The van der Waals surface area contributed by atoms with Crippen molar-refractivity contribution < 1.29 is 0 Å². The number of rotatable bonds is 0. The zero-order chi connectivity index (χ0) is 5.98. The molecule has 8 heavy (non-hydrogen) atoms. The second-order valence-corrected chi connectivity index (χ2v) is 1.55. The summed E-state index contributed by atoms with van der Waals surface area (Å²) < 4.78 is 0. The van der Waals surface area contributed by atoms with Crippen molar-refractivity contribution in [3.8, 4) is 0 Å². The standard InChI is InChI=1S/C5H6N2O/c1-4-2-7-5(8)3-6-4/h2-3H,1H3,(H,7,8). The molecule has 0 fully saturated rings. The number of H-pyrrole nitrogens is 1. The largest absolute Gasteiger partial charge is 0.326 e. The van der Waals surface area contributed by atoms with E-state index in [0.717, 1.165) is 5.69 Å². The molecule has 1 aromatic heterocycles. The van der Waals surface area contributed by atoms with Crippen molar-refractivity contribution >= 4 is 0 Å². The summed E-state index contributed by atoms with van der Waals surface area (Å²) in [5.41, 5.74) is 0.667. The molecule has 42 valence electrons. The summed E-state index contributed by atoms with van der Waals surface area (Å²) in [6, 6.07) is 0. The van der Waals surface area contributed by atoms with Gasteiger partial charge in [0.1, 0.15) is 0 Å². The van der Waals surface area contributed by atoms with Crippen LogP contribution in [0.15, 0.2) is 17.2 Å². The summed E-state index contributed by atoms with van der Waals surface area (Å²) in [7, 11) is 0. The van der Waals surface area contributed by atoms with Gasteiger partial charge in [-0.25, -0.2) is 0 Å². The van der Waals surface area contributed by atoms with Crippen LogP contribution in [0.5, 0.6) is 0 Å². The molecule has 1 N–H and O–H groups in total. The Hall–Kier alpha value is -1.12. The summed E-state index contributed by atoms with van der Waals surface area (Å²) in [6.07, 6.45) is 2.83. The van der Waals surface area contributed by atoms with E-state index in [0.29, 0.717) is 0 Å². The highest BCUT2D eigenvalue weighted by Gasteiger charge is 1.80. The van der Waals surface area contributed by atoms with Crippen molar-refractivity contribution in [3.63, 3.8) is 0 Å². The minimum absolute atomic E-state index is 0.157. The Morgan fingerprint density at radius 2 is 2.50 bits per heavy atom. The molecule has 1 rings (SSSR count). The van der Waals surface area contributed by atoms with Gasteiger partial charge >= 0.3 is 0 Å². The maximum absolute atomic E-state index is 10.3. The van der Waals surface area contributed by atoms with Crippen molar-refractivity contribution in [2.75, 3.05) is 0 Å². The van der Waals surface area contributed by atoms with Gasteiger partial charge in [-0.15, -0.1) is 0 Å². The normalized spacial score (nSPS) is 9.12. The number of hydrogen-bond acceptors (Lipinski definition) is 2. The molecule has 0 bridgehead atoms. The molecule has 0 amide bonds. The number of aryl methyl sites for hydroxylation is 1. The zero-order valence-corrected chi connectivity index (χ0v) is 4.51. The summed E-state index contributed by atoms with van der Waals surface area (Å²) in [6.45, 7) is 1.82. The van der Waals surface area contributed by atoms with E-state index in [1.807, 2.05) is 6.92 Å². The lowest BCUT2D eigenvalue weighted by Crippen LogP contribution is -2.03. The van der Waals surface area contributed by atoms with E-state index < -0.39 is 0 Å². The van der Waals surface area contributed by atoms with Gasteiger partial charge in [0.25, 0.3) is 5.56 Å². The van der Waals surface area contributed by atoms with Crippen molar-refractivity contribution in [3.05, 3.63) is 28.4 Å². The van der Waals surface area contributed by atoms with Crippen molar-refractivity contribution in [2.45, 2.75) is 6.92 Å². The van der Waals surface area contributed by atoms with Crippen LogP contribution in [0.4, 0.5) is 0 Å². The highest BCUT2D eigenvalue weighted by molar-refractivity contribution is 4.89. The topological polar surface area (TPSA) is 45.8 Å². The number of nitrogens with zero attached hydrogens (tertiary/aromatic N) is 1. The minimum atomic E-state index is -0.157. The lowest BCUT2D eigenvalue weighted by Gasteiger charge is -1.83. The molecule has 0 spiro atoms. The number of hydrogen-bond donors (Lipinski definition) is 1. The van der Waals surface area contributed by atoms with Crippen LogP contribution in [-0.4, -0.2) is 9.97 Å². The molecule has 0 radical (unpaired) electrons. The SMILES string of the molecule is Cc1c[nH]c(=O)cn1. The Balaban J connectivity index is 3.22. The average Bonchev–Trinajstić information content (AvgIpc) is 1.77. The number of aromatic amines is 1. The molecular weight excluding hydrogens is 104 g/mol. The third-order valence-electron chi connectivity index (χ3n) is 0.809. The highest BCUT2D eigenvalue weighted by atomic mass is 16.1. The Morgan fingerprint density at radius 3 is 2.88 bits per heavy atom. The molecular formula is C5H6N2O. The van der Waals surface area contributed by atoms with E-state index in [9.17, 15) is 4.79 Å². The van der Waals surface area contributed by atoms with Gasteiger partial charge in [0.15, 0.2) is 0 Å². The van der Waals surface area contributed by atoms with Crippen LogP contribution in [0.3, 0.4) is 0 Å². The number of nitrogens with one attached hydrogen (secondary N) is 1. The monoisotopic (exact) mass is 110 g/mol. The lowest BCUT2D eigenvalue weighted by molar-refractivity contribution is 1.07. The van der Waals surface area contributed by atoms with Crippen LogP contribution in [0.2, 0.25) is 0 Å². The van der Waals surface area contributed by atoms with Gasteiger partial charge in [-0.1, -0.05) is 0 Å². The smallest absolute Gasteiger partial charge is 0.266 e. The maximum atomic E-state index is 10.3. The third-order valence-corrected chi connectivity index (χ3v) is 0.809. The summed E-state index contributed by atoms with van der Waals surface area (Å²) in [4.78, 5) is 16.5. The first-order valence-corrected chi connectivity index (χ1v) is 2.30. The lowest BCUT2D eigenvalue weighted by atomic mass is 10.5. The van der Waals surface area contributed by atoms with E-state index in [1.54, 1.807) is 6.20 Å². The van der Waals surface area contributed by atoms with E-state index in [2.05, 4.69) is 9.97 Å². The Labute approximate surface area is 46.4 Å². The van der Waals surface area contributed by atoms with Gasteiger partial charge < -0.3 is 4.98 Å². The molecule has 1 aromatic rings. The van der Waals surface area contributed by atoms with Gasteiger partial charge in [-0.2, -0.15) is 0 Å². The van der Waals surface area contributed by atoms with E-state index in [1.165, 1.54) is 6.20 Å². The summed E-state index contributed by atoms with van der Waals surface area (Å²) in [5, 5.41) is 0. The predicted molar refractivity (Wildman–Crippen MR) is 29.6 cm³/mol. The first kappa shape index (κ1) is 5.03. The molecule has 1 heterocycles.